The Balaban J connectivity index is 1.97. The number of hydrogen-bond donors (Lipinski definition) is 2. The number of aromatic nitrogens is 5. The average molecular weight is 336 g/mol. The molecule has 0 saturated carbocycles. The van der Waals surface area contributed by atoms with Crippen LogP contribution in [0.2, 0.25) is 0 Å². The van der Waals surface area contributed by atoms with Crippen molar-refractivity contribution < 1.29 is 19.1 Å². The number of nitrogens with two attached hydrogens (primary N) is 1. The molecular formula is C14H22N7O3+. The molecule has 10 nitrogen and oxygen atoms in total. The monoisotopic (exact) mass is 336 g/mol. The van der Waals surface area contributed by atoms with Crippen LogP contribution in [0.5, 0.6) is 0 Å². The second kappa shape index (κ2) is 6.95. The molecule has 0 aromatic carbocycles. The molecule has 0 radical (unpaired) electrons. The summed E-state index contributed by atoms with van der Waals surface area (Å²) in [5.74, 6) is -0.173. The number of carbonyl (C=O) groups is 1. The quantitative estimate of drug-likeness (QED) is 0.691. The van der Waals surface area contributed by atoms with Crippen molar-refractivity contribution in [3.8, 4) is 5.82 Å². The molecule has 24 heavy (non-hydrogen) atoms. The van der Waals surface area contributed by atoms with Crippen molar-refractivity contribution >= 4 is 11.8 Å². The molecule has 3 N–H and O–H groups in total. The number of nitrogen functional groups attached to an aromatic ring is 1. The summed E-state index contributed by atoms with van der Waals surface area (Å²) >= 11 is 0. The first-order chi connectivity index (χ1) is 11.6. The minimum absolute atomic E-state index is 0.0956. The van der Waals surface area contributed by atoms with E-state index in [4.69, 9.17) is 10.5 Å². The third kappa shape index (κ3) is 3.09. The van der Waals surface area contributed by atoms with Gasteiger partial charge in [0.25, 0.3) is 0 Å². The van der Waals surface area contributed by atoms with Gasteiger partial charge in [0.1, 0.15) is 12.2 Å². The highest BCUT2D eigenvalue weighted by molar-refractivity contribution is 5.88. The standard InChI is InChI=1S/C14H21N7O3/c1-3-23-14(22)11-10(8-20-7-5-4-6-9(20)2)21(19-16-11)13-12(15)17-24-18-13/h9H,3-8H2,1-2H3,(H2,15,17)/p+1. The molecule has 1 aliphatic rings. The molecule has 0 aliphatic carbocycles. The summed E-state index contributed by atoms with van der Waals surface area (Å²) in [7, 11) is 0. The number of anilines is 1. The van der Waals surface area contributed by atoms with Crippen molar-refractivity contribution in [2.75, 3.05) is 18.9 Å². The second-order valence-corrected chi connectivity index (χ2v) is 5.97. The van der Waals surface area contributed by atoms with E-state index in [9.17, 15) is 4.79 Å². The Morgan fingerprint density at radius 2 is 2.29 bits per heavy atom. The number of piperidine rings is 1. The Labute approximate surface area is 138 Å². The maximum absolute atomic E-state index is 12.2. The molecule has 2 aromatic rings. The predicted molar refractivity (Wildman–Crippen MR) is 82.4 cm³/mol. The molecule has 2 aromatic heterocycles. The molecule has 10 heteroatoms. The lowest BCUT2D eigenvalue weighted by Crippen LogP contribution is -3.15. The first-order valence-electron chi connectivity index (χ1n) is 8.16. The molecule has 1 aliphatic heterocycles. The molecule has 130 valence electrons. The SMILES string of the molecule is CCOC(=O)c1nnn(-c2nonc2N)c1C[NH+]1CCCCC1C. The van der Waals surface area contributed by atoms with E-state index in [1.54, 1.807) is 6.92 Å². The summed E-state index contributed by atoms with van der Waals surface area (Å²) < 4.78 is 11.2. The number of rotatable bonds is 5. The van der Waals surface area contributed by atoms with Gasteiger partial charge in [0.05, 0.1) is 19.2 Å². The fourth-order valence-electron chi connectivity index (χ4n) is 3.06. The number of likely N-dealkylation sites (tertiary alicyclic amines) is 1. The van der Waals surface area contributed by atoms with E-state index in [2.05, 4.69) is 32.2 Å². The summed E-state index contributed by atoms with van der Waals surface area (Å²) in [4.78, 5) is 13.6. The lowest BCUT2D eigenvalue weighted by Gasteiger charge is -2.30. The summed E-state index contributed by atoms with van der Waals surface area (Å²) in [5.41, 5.74) is 6.56. The van der Waals surface area contributed by atoms with Crippen LogP contribution in [0.4, 0.5) is 5.82 Å². The highest BCUT2D eigenvalue weighted by Crippen LogP contribution is 2.16. The molecular weight excluding hydrogens is 314 g/mol. The number of ether oxygens (including phenoxy) is 1. The molecule has 3 heterocycles. The molecule has 1 fully saturated rings. The number of hydrogen-bond acceptors (Lipinski definition) is 8. The van der Waals surface area contributed by atoms with Crippen molar-refractivity contribution in [3.63, 3.8) is 0 Å². The summed E-state index contributed by atoms with van der Waals surface area (Å²) in [5, 5.41) is 15.3. The van der Waals surface area contributed by atoms with Gasteiger partial charge in [-0.15, -0.1) is 5.10 Å². The van der Waals surface area contributed by atoms with Gasteiger partial charge in [0.2, 0.25) is 11.6 Å². The Morgan fingerprint density at radius 1 is 1.46 bits per heavy atom. The third-order valence-electron chi connectivity index (χ3n) is 4.40. The second-order valence-electron chi connectivity index (χ2n) is 5.97. The van der Waals surface area contributed by atoms with Crippen LogP contribution < -0.4 is 10.6 Å². The summed E-state index contributed by atoms with van der Waals surface area (Å²) in [6.45, 7) is 5.83. The molecule has 0 amide bonds. The lowest BCUT2D eigenvalue weighted by atomic mass is 10.0. The van der Waals surface area contributed by atoms with E-state index in [-0.39, 0.29) is 23.9 Å². The number of carbonyl (C=O) groups excluding carboxylic acids is 1. The Hall–Kier alpha value is -2.49. The van der Waals surface area contributed by atoms with E-state index in [0.29, 0.717) is 18.3 Å². The van der Waals surface area contributed by atoms with Crippen molar-refractivity contribution in [2.45, 2.75) is 45.7 Å². The number of nitrogens with one attached hydrogen (secondary N) is 1. The fraction of sp³-hybridized carbons (Fsp3) is 0.643. The maximum Gasteiger partial charge on any atom is 0.361 e. The maximum atomic E-state index is 12.2. The third-order valence-corrected chi connectivity index (χ3v) is 4.40. The zero-order valence-electron chi connectivity index (χ0n) is 13.9. The Kier molecular flexibility index (Phi) is 4.74. The van der Waals surface area contributed by atoms with Crippen LogP contribution in [0.25, 0.3) is 5.82 Å². The largest absolute Gasteiger partial charge is 0.461 e. The first kappa shape index (κ1) is 16.4. The molecule has 0 bridgehead atoms. The predicted octanol–water partition coefficient (Wildman–Crippen LogP) is -0.633. The fourth-order valence-corrected chi connectivity index (χ4v) is 3.06. The van der Waals surface area contributed by atoms with Gasteiger partial charge >= 0.3 is 5.97 Å². The molecule has 1 saturated heterocycles. The Bertz CT molecular complexity index is 711. The van der Waals surface area contributed by atoms with E-state index in [1.807, 2.05) is 0 Å². The van der Waals surface area contributed by atoms with Crippen molar-refractivity contribution in [2.24, 2.45) is 0 Å². The molecule has 3 rings (SSSR count). The first-order valence-corrected chi connectivity index (χ1v) is 8.16. The zero-order valence-corrected chi connectivity index (χ0v) is 13.9. The molecule has 2 atom stereocenters. The smallest absolute Gasteiger partial charge is 0.361 e. The van der Waals surface area contributed by atoms with Gasteiger partial charge in [0.15, 0.2) is 5.69 Å². The van der Waals surface area contributed by atoms with Crippen molar-refractivity contribution in [1.29, 1.82) is 0 Å². The minimum atomic E-state index is -0.502. The zero-order chi connectivity index (χ0) is 17.1. The van der Waals surface area contributed by atoms with Gasteiger partial charge in [-0.25, -0.2) is 9.42 Å². The summed E-state index contributed by atoms with van der Waals surface area (Å²) in [6, 6.07) is 0.491. The molecule has 2 unspecified atom stereocenters. The highest BCUT2D eigenvalue weighted by atomic mass is 16.6. The highest BCUT2D eigenvalue weighted by Gasteiger charge is 2.30. The van der Waals surface area contributed by atoms with Gasteiger partial charge in [-0.3, -0.25) is 0 Å². The number of nitrogens with zero attached hydrogens (tertiary/aromatic N) is 5. The van der Waals surface area contributed by atoms with Crippen LogP contribution in [-0.4, -0.2) is 50.5 Å². The van der Waals surface area contributed by atoms with Crippen LogP contribution in [0, 0.1) is 0 Å². The van der Waals surface area contributed by atoms with E-state index in [1.165, 1.54) is 16.0 Å². The van der Waals surface area contributed by atoms with Crippen LogP contribution in [0.15, 0.2) is 4.63 Å². The van der Waals surface area contributed by atoms with Gasteiger partial charge < -0.3 is 15.4 Å². The number of quaternary nitrogens is 1. The van der Waals surface area contributed by atoms with Gasteiger partial charge in [-0.05, 0) is 43.4 Å². The van der Waals surface area contributed by atoms with Crippen molar-refractivity contribution in [1.82, 2.24) is 25.3 Å². The minimum Gasteiger partial charge on any atom is -0.461 e. The van der Waals surface area contributed by atoms with Crippen LogP contribution >= 0.6 is 0 Å². The van der Waals surface area contributed by atoms with Gasteiger partial charge in [-0.2, -0.15) is 4.68 Å². The number of esters is 1. The Morgan fingerprint density at radius 3 is 2.96 bits per heavy atom. The van der Waals surface area contributed by atoms with E-state index in [0.717, 1.165) is 19.4 Å². The molecule has 0 spiro atoms. The topological polar surface area (TPSA) is 126 Å². The average Bonchev–Trinajstić information content (AvgIpc) is 3.16. The van der Waals surface area contributed by atoms with Crippen LogP contribution in [0.1, 0.15) is 49.3 Å². The van der Waals surface area contributed by atoms with E-state index >= 15 is 0 Å². The van der Waals surface area contributed by atoms with Gasteiger partial charge in [0, 0.05) is 0 Å². The normalized spacial score (nSPS) is 20.9. The summed E-state index contributed by atoms with van der Waals surface area (Å²) in [6.07, 6.45) is 3.54. The van der Waals surface area contributed by atoms with Crippen LogP contribution in [-0.2, 0) is 11.3 Å². The van der Waals surface area contributed by atoms with Crippen LogP contribution in [0.3, 0.4) is 0 Å². The lowest BCUT2D eigenvalue weighted by molar-refractivity contribution is -0.942. The van der Waals surface area contributed by atoms with Gasteiger partial charge in [-0.1, -0.05) is 5.21 Å². The van der Waals surface area contributed by atoms with E-state index < -0.39 is 5.97 Å². The van der Waals surface area contributed by atoms with Crippen molar-refractivity contribution in [3.05, 3.63) is 11.4 Å².